The number of nitrogens with one attached hydrogen (secondary N) is 3. The summed E-state index contributed by atoms with van der Waals surface area (Å²) in [5.74, 6) is 0. The number of aromatic amines is 1. The van der Waals surface area contributed by atoms with Crippen molar-refractivity contribution in [3.8, 4) is 0 Å². The number of benzene rings is 2. The minimum absolute atomic E-state index is 0.220. The Labute approximate surface area is 128 Å². The Morgan fingerprint density at radius 1 is 1.14 bits per heavy atom. The summed E-state index contributed by atoms with van der Waals surface area (Å²) in [4.78, 5) is 11.9. The third-order valence-electron chi connectivity index (χ3n) is 3.58. The van der Waals surface area contributed by atoms with Gasteiger partial charge in [0.25, 0.3) is 0 Å². The van der Waals surface area contributed by atoms with Gasteiger partial charge in [0.1, 0.15) is 0 Å². The first-order valence-electron chi connectivity index (χ1n) is 7.30. The van der Waals surface area contributed by atoms with Crippen LogP contribution in [-0.2, 0) is 13.0 Å². The molecule has 0 radical (unpaired) electrons. The Bertz CT molecular complexity index is 777. The van der Waals surface area contributed by atoms with Crippen LogP contribution < -0.4 is 10.6 Å². The Morgan fingerprint density at radius 3 is 2.68 bits per heavy atom. The molecule has 0 bridgehead atoms. The SMILES string of the molecule is CCc1ccc(CNC(=O)Nc2ccc3[nH]ncc3c2)cc1. The van der Waals surface area contributed by atoms with Crippen molar-refractivity contribution in [2.24, 2.45) is 0 Å². The van der Waals surface area contributed by atoms with E-state index < -0.39 is 0 Å². The summed E-state index contributed by atoms with van der Waals surface area (Å²) < 4.78 is 0. The molecule has 0 spiro atoms. The van der Waals surface area contributed by atoms with Crippen molar-refractivity contribution in [2.45, 2.75) is 19.9 Å². The van der Waals surface area contributed by atoms with Gasteiger partial charge in [-0.25, -0.2) is 4.79 Å². The average Bonchev–Trinajstić information content (AvgIpc) is 3.01. The van der Waals surface area contributed by atoms with Crippen LogP contribution in [0.15, 0.2) is 48.7 Å². The molecule has 2 aromatic carbocycles. The summed E-state index contributed by atoms with van der Waals surface area (Å²) in [7, 11) is 0. The van der Waals surface area contributed by atoms with Crippen LogP contribution in [0.2, 0.25) is 0 Å². The number of aromatic nitrogens is 2. The summed E-state index contributed by atoms with van der Waals surface area (Å²) >= 11 is 0. The van der Waals surface area contributed by atoms with Crippen LogP contribution in [0.3, 0.4) is 0 Å². The Balaban J connectivity index is 1.57. The van der Waals surface area contributed by atoms with Gasteiger partial charge in [0.2, 0.25) is 0 Å². The standard InChI is InChI=1S/C17H18N4O/c1-2-12-3-5-13(6-4-12)10-18-17(22)20-15-7-8-16-14(9-15)11-19-21-16/h3-9,11H,2,10H2,1H3,(H,19,21)(H2,18,20,22). The molecule has 0 aliphatic rings. The van der Waals surface area contributed by atoms with Gasteiger partial charge in [0.05, 0.1) is 11.7 Å². The van der Waals surface area contributed by atoms with E-state index in [4.69, 9.17) is 0 Å². The quantitative estimate of drug-likeness (QED) is 0.689. The molecule has 5 nitrogen and oxygen atoms in total. The molecule has 22 heavy (non-hydrogen) atoms. The van der Waals surface area contributed by atoms with Crippen molar-refractivity contribution in [1.82, 2.24) is 15.5 Å². The van der Waals surface area contributed by atoms with E-state index in [9.17, 15) is 4.79 Å². The van der Waals surface area contributed by atoms with E-state index in [1.807, 2.05) is 30.3 Å². The molecule has 0 fully saturated rings. The van der Waals surface area contributed by atoms with Crippen molar-refractivity contribution in [3.63, 3.8) is 0 Å². The second-order valence-corrected chi connectivity index (χ2v) is 5.15. The van der Waals surface area contributed by atoms with E-state index in [0.717, 1.165) is 28.6 Å². The molecule has 1 heterocycles. The van der Waals surface area contributed by atoms with Gasteiger partial charge in [-0.2, -0.15) is 5.10 Å². The molecule has 5 heteroatoms. The number of anilines is 1. The van der Waals surface area contributed by atoms with Gasteiger partial charge in [-0.15, -0.1) is 0 Å². The van der Waals surface area contributed by atoms with Crippen LogP contribution in [0.25, 0.3) is 10.9 Å². The number of aryl methyl sites for hydroxylation is 1. The third kappa shape index (κ3) is 3.25. The molecule has 3 N–H and O–H groups in total. The van der Waals surface area contributed by atoms with Gasteiger partial charge in [-0.05, 0) is 35.7 Å². The van der Waals surface area contributed by atoms with Crippen molar-refractivity contribution in [2.75, 3.05) is 5.32 Å². The highest BCUT2D eigenvalue weighted by Gasteiger charge is 2.03. The maximum absolute atomic E-state index is 11.9. The largest absolute Gasteiger partial charge is 0.334 e. The normalized spacial score (nSPS) is 10.6. The van der Waals surface area contributed by atoms with Crippen molar-refractivity contribution >= 4 is 22.6 Å². The van der Waals surface area contributed by atoms with E-state index in [0.29, 0.717) is 6.54 Å². The molecular weight excluding hydrogens is 276 g/mol. The number of carbonyl (C=O) groups excluding carboxylic acids is 1. The van der Waals surface area contributed by atoms with Gasteiger partial charge in [-0.3, -0.25) is 5.10 Å². The van der Waals surface area contributed by atoms with Crippen LogP contribution in [-0.4, -0.2) is 16.2 Å². The summed E-state index contributed by atoms with van der Waals surface area (Å²) in [5.41, 5.74) is 4.06. The summed E-state index contributed by atoms with van der Waals surface area (Å²) in [5, 5.41) is 13.5. The third-order valence-corrected chi connectivity index (χ3v) is 3.58. The zero-order chi connectivity index (χ0) is 15.4. The lowest BCUT2D eigenvalue weighted by atomic mass is 10.1. The molecule has 3 aromatic rings. The fourth-order valence-corrected chi connectivity index (χ4v) is 2.27. The number of fused-ring (bicyclic) bond motifs is 1. The monoisotopic (exact) mass is 294 g/mol. The highest BCUT2D eigenvalue weighted by atomic mass is 16.2. The number of nitrogens with zero attached hydrogens (tertiary/aromatic N) is 1. The first-order valence-corrected chi connectivity index (χ1v) is 7.30. The average molecular weight is 294 g/mol. The van der Waals surface area contributed by atoms with Crippen LogP contribution in [0.5, 0.6) is 0 Å². The van der Waals surface area contributed by atoms with Gasteiger partial charge in [-0.1, -0.05) is 31.2 Å². The molecule has 0 atom stereocenters. The fourth-order valence-electron chi connectivity index (χ4n) is 2.27. The first kappa shape index (κ1) is 14.1. The molecule has 0 saturated carbocycles. The van der Waals surface area contributed by atoms with Crippen molar-refractivity contribution in [3.05, 3.63) is 59.8 Å². The number of hydrogen-bond acceptors (Lipinski definition) is 2. The van der Waals surface area contributed by atoms with Crippen LogP contribution in [0, 0.1) is 0 Å². The predicted octanol–water partition coefficient (Wildman–Crippen LogP) is 3.45. The lowest BCUT2D eigenvalue weighted by Gasteiger charge is -2.08. The number of H-pyrrole nitrogens is 1. The first-order chi connectivity index (χ1) is 10.7. The van der Waals surface area contributed by atoms with E-state index >= 15 is 0 Å². The molecule has 2 amide bonds. The van der Waals surface area contributed by atoms with E-state index in [1.165, 1.54) is 5.56 Å². The molecule has 0 saturated heterocycles. The van der Waals surface area contributed by atoms with Gasteiger partial charge in [0.15, 0.2) is 0 Å². The van der Waals surface area contributed by atoms with Gasteiger partial charge < -0.3 is 10.6 Å². The second kappa shape index (κ2) is 6.30. The zero-order valence-corrected chi connectivity index (χ0v) is 12.4. The summed E-state index contributed by atoms with van der Waals surface area (Å²) in [6.07, 6.45) is 2.75. The minimum atomic E-state index is -0.220. The maximum atomic E-state index is 11.9. The molecule has 0 unspecified atom stereocenters. The minimum Gasteiger partial charge on any atom is -0.334 e. The topological polar surface area (TPSA) is 69.8 Å². The number of amides is 2. The van der Waals surface area contributed by atoms with Crippen LogP contribution in [0.4, 0.5) is 10.5 Å². The zero-order valence-electron chi connectivity index (χ0n) is 12.4. The molecule has 3 rings (SSSR count). The number of urea groups is 1. The van der Waals surface area contributed by atoms with Crippen molar-refractivity contribution < 1.29 is 4.79 Å². The smallest absolute Gasteiger partial charge is 0.319 e. The fraction of sp³-hybridized carbons (Fsp3) is 0.176. The lowest BCUT2D eigenvalue weighted by Crippen LogP contribution is -2.28. The predicted molar refractivity (Wildman–Crippen MR) is 87.8 cm³/mol. The summed E-state index contributed by atoms with van der Waals surface area (Å²) in [6, 6.07) is 13.6. The number of rotatable bonds is 4. The Hall–Kier alpha value is -2.82. The molecule has 0 aliphatic heterocycles. The molecule has 1 aromatic heterocycles. The lowest BCUT2D eigenvalue weighted by molar-refractivity contribution is 0.251. The van der Waals surface area contributed by atoms with E-state index in [-0.39, 0.29) is 6.03 Å². The highest BCUT2D eigenvalue weighted by molar-refractivity contribution is 5.92. The second-order valence-electron chi connectivity index (χ2n) is 5.15. The van der Waals surface area contributed by atoms with Gasteiger partial charge in [0, 0.05) is 17.6 Å². The van der Waals surface area contributed by atoms with E-state index in [1.54, 1.807) is 6.20 Å². The molecule has 112 valence electrons. The Morgan fingerprint density at radius 2 is 1.91 bits per heavy atom. The Kier molecular flexibility index (Phi) is 4.05. The van der Waals surface area contributed by atoms with Crippen LogP contribution in [0.1, 0.15) is 18.1 Å². The van der Waals surface area contributed by atoms with Gasteiger partial charge >= 0.3 is 6.03 Å². The highest BCUT2D eigenvalue weighted by Crippen LogP contribution is 2.16. The number of carbonyl (C=O) groups is 1. The maximum Gasteiger partial charge on any atom is 0.319 e. The van der Waals surface area contributed by atoms with Crippen LogP contribution >= 0.6 is 0 Å². The number of hydrogen-bond donors (Lipinski definition) is 3. The summed E-state index contributed by atoms with van der Waals surface area (Å²) in [6.45, 7) is 2.63. The molecule has 0 aliphatic carbocycles. The van der Waals surface area contributed by atoms with E-state index in [2.05, 4.69) is 39.9 Å². The van der Waals surface area contributed by atoms with Crippen molar-refractivity contribution in [1.29, 1.82) is 0 Å². The molecular formula is C17H18N4O.